The number of rotatable bonds is 4. The van der Waals surface area contributed by atoms with Gasteiger partial charge in [-0.1, -0.05) is 0 Å². The number of halogens is 5. The summed E-state index contributed by atoms with van der Waals surface area (Å²) in [6.07, 6.45) is -5.59. The average Bonchev–Trinajstić information content (AvgIpc) is 2.89. The van der Waals surface area contributed by atoms with Crippen LogP contribution in [0, 0.1) is 11.6 Å². The average molecular weight is 366 g/mol. The van der Waals surface area contributed by atoms with E-state index in [-0.39, 0.29) is 17.7 Å². The normalized spacial score (nSPS) is 20.5. The molecule has 0 radical (unpaired) electrons. The van der Waals surface area contributed by atoms with Crippen LogP contribution in [-0.2, 0) is 14.3 Å². The van der Waals surface area contributed by atoms with E-state index in [1.54, 1.807) is 0 Å². The summed E-state index contributed by atoms with van der Waals surface area (Å²) in [7, 11) is 1.03. The van der Waals surface area contributed by atoms with Gasteiger partial charge in [0.25, 0.3) is 0 Å². The van der Waals surface area contributed by atoms with E-state index in [9.17, 15) is 26.7 Å². The molecule has 1 unspecified atom stereocenters. The molecule has 138 valence electrons. The van der Waals surface area contributed by atoms with Crippen molar-refractivity contribution in [1.82, 2.24) is 0 Å². The molecule has 4 nitrogen and oxygen atoms in total. The van der Waals surface area contributed by atoms with E-state index in [0.717, 1.165) is 26.2 Å². The first kappa shape index (κ1) is 19.0. The standard InChI is InChI=1S/C16H15F5O4/c1-4-24-14(22)13-9(7-15(2,25-13)16(19,20)21)8-5-6-10(17)11(18)12(8)23-3/h5-6H,4,7H2,1-3H3. The van der Waals surface area contributed by atoms with Gasteiger partial charge < -0.3 is 14.2 Å². The molecule has 1 heterocycles. The highest BCUT2D eigenvalue weighted by atomic mass is 19.4. The Kier molecular flexibility index (Phi) is 4.97. The van der Waals surface area contributed by atoms with Gasteiger partial charge >= 0.3 is 12.1 Å². The molecule has 1 atom stereocenters. The number of methoxy groups -OCH3 is 1. The first-order valence-electron chi connectivity index (χ1n) is 7.24. The molecule has 0 amide bonds. The van der Waals surface area contributed by atoms with Gasteiger partial charge in [0, 0.05) is 17.6 Å². The Morgan fingerprint density at radius 1 is 1.32 bits per heavy atom. The van der Waals surface area contributed by atoms with Crippen molar-refractivity contribution in [2.75, 3.05) is 13.7 Å². The smallest absolute Gasteiger partial charge is 0.428 e. The molecule has 1 aromatic rings. The third-order valence-corrected chi connectivity index (χ3v) is 3.76. The molecule has 0 aliphatic carbocycles. The van der Waals surface area contributed by atoms with E-state index in [2.05, 4.69) is 0 Å². The summed E-state index contributed by atoms with van der Waals surface area (Å²) in [5.41, 5.74) is -3.19. The number of hydrogen-bond donors (Lipinski definition) is 0. The van der Waals surface area contributed by atoms with E-state index < -0.39 is 47.3 Å². The molecule has 0 spiro atoms. The summed E-state index contributed by atoms with van der Waals surface area (Å²) in [6, 6.07) is 1.75. The number of esters is 1. The Hall–Kier alpha value is -2.32. The van der Waals surface area contributed by atoms with E-state index in [0.29, 0.717) is 0 Å². The van der Waals surface area contributed by atoms with Crippen LogP contribution in [0.2, 0.25) is 0 Å². The van der Waals surface area contributed by atoms with Gasteiger partial charge in [0.1, 0.15) is 0 Å². The van der Waals surface area contributed by atoms with Crippen molar-refractivity contribution in [3.63, 3.8) is 0 Å². The highest BCUT2D eigenvalue weighted by molar-refractivity contribution is 5.97. The molecule has 25 heavy (non-hydrogen) atoms. The van der Waals surface area contributed by atoms with Gasteiger partial charge in [-0.3, -0.25) is 0 Å². The summed E-state index contributed by atoms with van der Waals surface area (Å²) in [5, 5.41) is 0. The number of carbonyl (C=O) groups is 1. The Balaban J connectivity index is 2.63. The molecule has 1 aliphatic rings. The fourth-order valence-corrected chi connectivity index (χ4v) is 2.45. The third-order valence-electron chi connectivity index (χ3n) is 3.76. The van der Waals surface area contributed by atoms with Crippen LogP contribution in [0.15, 0.2) is 17.9 Å². The van der Waals surface area contributed by atoms with E-state index in [4.69, 9.17) is 14.2 Å². The molecule has 1 aliphatic heterocycles. The number of hydrogen-bond acceptors (Lipinski definition) is 4. The van der Waals surface area contributed by atoms with Crippen molar-refractivity contribution in [3.05, 3.63) is 35.1 Å². The van der Waals surface area contributed by atoms with E-state index in [1.165, 1.54) is 6.92 Å². The molecule has 1 aromatic carbocycles. The van der Waals surface area contributed by atoms with Crippen molar-refractivity contribution in [2.45, 2.75) is 32.0 Å². The summed E-state index contributed by atoms with van der Waals surface area (Å²) in [5.74, 6) is -5.07. The predicted molar refractivity (Wildman–Crippen MR) is 76.6 cm³/mol. The topological polar surface area (TPSA) is 44.8 Å². The lowest BCUT2D eigenvalue weighted by Gasteiger charge is -2.27. The zero-order valence-electron chi connectivity index (χ0n) is 13.6. The highest BCUT2D eigenvalue weighted by Gasteiger charge is 2.59. The van der Waals surface area contributed by atoms with Crippen LogP contribution in [-0.4, -0.2) is 31.5 Å². The lowest BCUT2D eigenvalue weighted by Crippen LogP contribution is -2.42. The van der Waals surface area contributed by atoms with Gasteiger partial charge in [-0.15, -0.1) is 0 Å². The Labute approximate surface area is 140 Å². The van der Waals surface area contributed by atoms with E-state index >= 15 is 0 Å². The molecule has 0 bridgehead atoms. The molecular formula is C16H15F5O4. The number of carbonyl (C=O) groups excluding carboxylic acids is 1. The Bertz CT molecular complexity index is 726. The summed E-state index contributed by atoms with van der Waals surface area (Å²) < 4.78 is 81.6. The molecule has 0 N–H and O–H groups in total. The lowest BCUT2D eigenvalue weighted by atomic mass is 9.92. The lowest BCUT2D eigenvalue weighted by molar-refractivity contribution is -0.251. The molecule has 0 saturated heterocycles. The van der Waals surface area contributed by atoms with Gasteiger partial charge in [-0.2, -0.15) is 17.6 Å². The van der Waals surface area contributed by atoms with Crippen molar-refractivity contribution in [1.29, 1.82) is 0 Å². The maximum atomic E-state index is 13.9. The minimum atomic E-state index is -4.81. The number of benzene rings is 1. The fourth-order valence-electron chi connectivity index (χ4n) is 2.45. The maximum absolute atomic E-state index is 13.9. The Morgan fingerprint density at radius 2 is 1.96 bits per heavy atom. The summed E-state index contributed by atoms with van der Waals surface area (Å²) >= 11 is 0. The SMILES string of the molecule is CCOC(=O)C1=C(c2ccc(F)c(F)c2OC)CC(C)(C(F)(F)F)O1. The van der Waals surface area contributed by atoms with Crippen molar-refractivity contribution in [2.24, 2.45) is 0 Å². The second kappa shape index (κ2) is 6.53. The highest BCUT2D eigenvalue weighted by Crippen LogP contribution is 2.50. The number of ether oxygens (including phenoxy) is 3. The van der Waals surface area contributed by atoms with Crippen LogP contribution < -0.4 is 4.74 Å². The third kappa shape index (κ3) is 3.27. The van der Waals surface area contributed by atoms with Gasteiger partial charge in [0.05, 0.1) is 13.7 Å². The van der Waals surface area contributed by atoms with E-state index in [1.807, 2.05) is 0 Å². The fraction of sp³-hybridized carbons (Fsp3) is 0.438. The van der Waals surface area contributed by atoms with Crippen molar-refractivity contribution >= 4 is 11.5 Å². The van der Waals surface area contributed by atoms with Crippen LogP contribution >= 0.6 is 0 Å². The first-order chi connectivity index (χ1) is 11.6. The van der Waals surface area contributed by atoms with Crippen LogP contribution in [0.1, 0.15) is 25.8 Å². The predicted octanol–water partition coefficient (Wildman–Crippen LogP) is 3.99. The zero-order chi connectivity index (χ0) is 19.0. The first-order valence-corrected chi connectivity index (χ1v) is 7.24. The van der Waals surface area contributed by atoms with Crippen molar-refractivity contribution in [3.8, 4) is 5.75 Å². The number of alkyl halides is 3. The van der Waals surface area contributed by atoms with Crippen LogP contribution in [0.3, 0.4) is 0 Å². The summed E-state index contributed by atoms with van der Waals surface area (Å²) in [4.78, 5) is 12.0. The summed E-state index contributed by atoms with van der Waals surface area (Å²) in [6.45, 7) is 2.12. The Morgan fingerprint density at radius 3 is 2.48 bits per heavy atom. The monoisotopic (exact) mass is 366 g/mol. The van der Waals surface area contributed by atoms with Gasteiger partial charge in [0.2, 0.25) is 17.2 Å². The minimum absolute atomic E-state index is 0.101. The second-order valence-electron chi connectivity index (χ2n) is 5.48. The zero-order valence-corrected chi connectivity index (χ0v) is 13.6. The molecule has 2 rings (SSSR count). The minimum Gasteiger partial charge on any atom is -0.493 e. The van der Waals surface area contributed by atoms with Crippen LogP contribution in [0.5, 0.6) is 5.75 Å². The molecule has 0 aromatic heterocycles. The second-order valence-corrected chi connectivity index (χ2v) is 5.48. The largest absolute Gasteiger partial charge is 0.493 e. The van der Waals surface area contributed by atoms with Crippen LogP contribution in [0.25, 0.3) is 5.57 Å². The van der Waals surface area contributed by atoms with Crippen molar-refractivity contribution < 1.29 is 41.0 Å². The molecular weight excluding hydrogens is 351 g/mol. The maximum Gasteiger partial charge on any atom is 0.428 e. The van der Waals surface area contributed by atoms with Gasteiger partial charge in [0.15, 0.2) is 11.6 Å². The molecule has 0 fully saturated rings. The van der Waals surface area contributed by atoms with Gasteiger partial charge in [-0.25, -0.2) is 9.18 Å². The van der Waals surface area contributed by atoms with Gasteiger partial charge in [-0.05, 0) is 26.0 Å². The molecule has 9 heteroatoms. The quantitative estimate of drug-likeness (QED) is 0.597. The molecule has 0 saturated carbocycles. The van der Waals surface area contributed by atoms with Crippen LogP contribution in [0.4, 0.5) is 22.0 Å².